The standard InChI is InChI=1S/C21H21ClN4O2/c1-13-10-16(22)11-15-6-5-9-25(20(13)15)21(27)19-14(2)26(24-23-19)17-7-4-8-18(12-17)28-3/h4,7-8,10-12H,5-6,9H2,1-3H3. The molecule has 0 unspecified atom stereocenters. The largest absolute Gasteiger partial charge is 0.497 e. The summed E-state index contributed by atoms with van der Waals surface area (Å²) in [5.41, 5.74) is 4.87. The van der Waals surface area contributed by atoms with E-state index in [-0.39, 0.29) is 5.91 Å². The monoisotopic (exact) mass is 396 g/mol. The molecule has 0 fully saturated rings. The predicted octanol–water partition coefficient (Wildman–Crippen LogP) is 4.14. The third-order valence-electron chi connectivity index (χ3n) is 5.08. The quantitative estimate of drug-likeness (QED) is 0.667. The van der Waals surface area contributed by atoms with E-state index in [4.69, 9.17) is 16.3 Å². The maximum absolute atomic E-state index is 13.3. The number of ether oxygens (including phenoxy) is 1. The van der Waals surface area contributed by atoms with Gasteiger partial charge in [-0.05, 0) is 62.1 Å². The van der Waals surface area contributed by atoms with Crippen molar-refractivity contribution in [2.75, 3.05) is 18.6 Å². The van der Waals surface area contributed by atoms with Gasteiger partial charge in [-0.1, -0.05) is 22.9 Å². The molecule has 0 atom stereocenters. The summed E-state index contributed by atoms with van der Waals surface area (Å²) in [5.74, 6) is 0.579. The average Bonchev–Trinajstić information content (AvgIpc) is 3.08. The zero-order valence-corrected chi connectivity index (χ0v) is 16.8. The van der Waals surface area contributed by atoms with Gasteiger partial charge in [-0.25, -0.2) is 4.68 Å². The summed E-state index contributed by atoms with van der Waals surface area (Å²) >= 11 is 6.21. The van der Waals surface area contributed by atoms with Crippen LogP contribution in [0.2, 0.25) is 5.02 Å². The molecule has 2 heterocycles. The van der Waals surface area contributed by atoms with E-state index in [1.165, 1.54) is 0 Å². The number of carbonyl (C=O) groups is 1. The highest BCUT2D eigenvalue weighted by atomic mass is 35.5. The molecule has 6 nitrogen and oxygen atoms in total. The lowest BCUT2D eigenvalue weighted by Crippen LogP contribution is -2.36. The molecule has 4 rings (SSSR count). The van der Waals surface area contributed by atoms with Gasteiger partial charge in [0.1, 0.15) is 5.75 Å². The van der Waals surface area contributed by atoms with Crippen LogP contribution in [0.1, 0.15) is 33.7 Å². The highest BCUT2D eigenvalue weighted by Crippen LogP contribution is 2.34. The number of methoxy groups -OCH3 is 1. The van der Waals surface area contributed by atoms with E-state index in [2.05, 4.69) is 10.3 Å². The van der Waals surface area contributed by atoms with Crippen molar-refractivity contribution in [2.45, 2.75) is 26.7 Å². The summed E-state index contributed by atoms with van der Waals surface area (Å²) in [6, 6.07) is 11.3. The fraction of sp³-hybridized carbons (Fsp3) is 0.286. The van der Waals surface area contributed by atoms with E-state index >= 15 is 0 Å². The third-order valence-corrected chi connectivity index (χ3v) is 5.30. The first-order valence-electron chi connectivity index (χ1n) is 9.17. The molecule has 3 aromatic rings. The second kappa shape index (κ2) is 7.28. The Kier molecular flexibility index (Phi) is 4.81. The van der Waals surface area contributed by atoms with Gasteiger partial charge < -0.3 is 9.64 Å². The van der Waals surface area contributed by atoms with E-state index in [1.807, 2.05) is 50.2 Å². The molecule has 0 saturated heterocycles. The Bertz CT molecular complexity index is 1060. The van der Waals surface area contributed by atoms with Crippen LogP contribution in [-0.2, 0) is 6.42 Å². The maximum Gasteiger partial charge on any atom is 0.280 e. The maximum atomic E-state index is 13.3. The highest BCUT2D eigenvalue weighted by Gasteiger charge is 2.29. The Balaban J connectivity index is 1.72. The van der Waals surface area contributed by atoms with E-state index in [1.54, 1.807) is 16.7 Å². The Labute approximate surface area is 168 Å². The number of benzene rings is 2. The number of halogens is 1. The molecule has 144 valence electrons. The van der Waals surface area contributed by atoms with Crippen molar-refractivity contribution in [3.8, 4) is 11.4 Å². The van der Waals surface area contributed by atoms with Crippen LogP contribution in [0.15, 0.2) is 36.4 Å². The zero-order chi connectivity index (χ0) is 19.8. The second-order valence-corrected chi connectivity index (χ2v) is 7.36. The van der Waals surface area contributed by atoms with E-state index in [0.717, 1.165) is 41.1 Å². The number of aromatic nitrogens is 3. The van der Waals surface area contributed by atoms with E-state index in [9.17, 15) is 4.79 Å². The Morgan fingerprint density at radius 2 is 2.04 bits per heavy atom. The van der Waals surface area contributed by atoms with Crippen LogP contribution < -0.4 is 9.64 Å². The lowest BCUT2D eigenvalue weighted by Gasteiger charge is -2.31. The predicted molar refractivity (Wildman–Crippen MR) is 109 cm³/mol. The van der Waals surface area contributed by atoms with Gasteiger partial charge >= 0.3 is 0 Å². The summed E-state index contributed by atoms with van der Waals surface area (Å²) in [6.45, 7) is 4.49. The number of carbonyl (C=O) groups excluding carboxylic acids is 1. The minimum absolute atomic E-state index is 0.141. The molecular formula is C21H21ClN4O2. The van der Waals surface area contributed by atoms with Crippen molar-refractivity contribution >= 4 is 23.2 Å². The number of aryl methyl sites for hydroxylation is 2. The van der Waals surface area contributed by atoms with Gasteiger partial charge in [0, 0.05) is 17.6 Å². The van der Waals surface area contributed by atoms with Gasteiger partial charge in [-0.2, -0.15) is 0 Å². The number of nitrogens with zero attached hydrogens (tertiary/aromatic N) is 4. The van der Waals surface area contributed by atoms with Crippen molar-refractivity contribution in [1.82, 2.24) is 15.0 Å². The molecule has 0 saturated carbocycles. The van der Waals surface area contributed by atoms with Crippen LogP contribution in [0.25, 0.3) is 5.69 Å². The van der Waals surface area contributed by atoms with Gasteiger partial charge in [0.25, 0.3) is 5.91 Å². The molecule has 7 heteroatoms. The normalized spacial score (nSPS) is 13.4. The van der Waals surface area contributed by atoms with E-state index < -0.39 is 0 Å². The summed E-state index contributed by atoms with van der Waals surface area (Å²) in [6.07, 6.45) is 1.80. The molecule has 28 heavy (non-hydrogen) atoms. The van der Waals surface area contributed by atoms with Crippen molar-refractivity contribution in [3.05, 3.63) is 63.9 Å². The first-order chi connectivity index (χ1) is 13.5. The molecule has 0 radical (unpaired) electrons. The van der Waals surface area contributed by atoms with Crippen LogP contribution in [0.3, 0.4) is 0 Å². The molecule has 1 amide bonds. The highest BCUT2D eigenvalue weighted by molar-refractivity contribution is 6.31. The molecule has 1 aliphatic heterocycles. The molecular weight excluding hydrogens is 376 g/mol. The number of amides is 1. The van der Waals surface area contributed by atoms with Gasteiger partial charge in [0.2, 0.25) is 0 Å². The Morgan fingerprint density at radius 3 is 2.82 bits per heavy atom. The number of hydrogen-bond donors (Lipinski definition) is 0. The number of hydrogen-bond acceptors (Lipinski definition) is 4. The van der Waals surface area contributed by atoms with Crippen molar-refractivity contribution < 1.29 is 9.53 Å². The topological polar surface area (TPSA) is 60.2 Å². The molecule has 0 N–H and O–H groups in total. The summed E-state index contributed by atoms with van der Waals surface area (Å²) in [4.78, 5) is 15.1. The van der Waals surface area contributed by atoms with Crippen LogP contribution in [-0.4, -0.2) is 34.6 Å². The van der Waals surface area contributed by atoms with Crippen LogP contribution in [0.5, 0.6) is 5.75 Å². The minimum atomic E-state index is -0.141. The average molecular weight is 397 g/mol. The second-order valence-electron chi connectivity index (χ2n) is 6.93. The van der Waals surface area contributed by atoms with Crippen LogP contribution in [0, 0.1) is 13.8 Å². The Hall–Kier alpha value is -2.86. The van der Waals surface area contributed by atoms with Gasteiger partial charge in [-0.3, -0.25) is 4.79 Å². The van der Waals surface area contributed by atoms with Gasteiger partial charge in [0.05, 0.1) is 24.2 Å². The van der Waals surface area contributed by atoms with Crippen molar-refractivity contribution in [2.24, 2.45) is 0 Å². The van der Waals surface area contributed by atoms with Gasteiger partial charge in [0.15, 0.2) is 5.69 Å². The smallest absolute Gasteiger partial charge is 0.280 e. The Morgan fingerprint density at radius 1 is 1.21 bits per heavy atom. The first kappa shape index (κ1) is 18.5. The molecule has 0 bridgehead atoms. The number of fused-ring (bicyclic) bond motifs is 1. The fourth-order valence-electron chi connectivity index (χ4n) is 3.77. The van der Waals surface area contributed by atoms with Crippen molar-refractivity contribution in [3.63, 3.8) is 0 Å². The van der Waals surface area contributed by atoms with Gasteiger partial charge in [-0.15, -0.1) is 5.10 Å². The summed E-state index contributed by atoms with van der Waals surface area (Å²) in [7, 11) is 1.62. The molecule has 0 aliphatic carbocycles. The zero-order valence-electron chi connectivity index (χ0n) is 16.1. The van der Waals surface area contributed by atoms with Crippen LogP contribution in [0.4, 0.5) is 5.69 Å². The molecule has 0 spiro atoms. The summed E-state index contributed by atoms with van der Waals surface area (Å²) < 4.78 is 6.94. The number of rotatable bonds is 3. The first-order valence-corrected chi connectivity index (χ1v) is 9.55. The van der Waals surface area contributed by atoms with Crippen LogP contribution >= 0.6 is 11.6 Å². The van der Waals surface area contributed by atoms with Crippen molar-refractivity contribution in [1.29, 1.82) is 0 Å². The third kappa shape index (κ3) is 3.14. The molecule has 2 aromatic carbocycles. The minimum Gasteiger partial charge on any atom is -0.497 e. The fourth-order valence-corrected chi connectivity index (χ4v) is 4.06. The SMILES string of the molecule is COc1cccc(-n2nnc(C(=O)N3CCCc4cc(Cl)cc(C)c43)c2C)c1. The van der Waals surface area contributed by atoms with E-state index in [0.29, 0.717) is 23.0 Å². The lowest BCUT2D eigenvalue weighted by molar-refractivity contribution is 0.0979. The molecule has 1 aliphatic rings. The lowest BCUT2D eigenvalue weighted by atomic mass is 9.98. The summed E-state index contributed by atoms with van der Waals surface area (Å²) in [5, 5.41) is 9.11. The number of anilines is 1. The molecule has 1 aromatic heterocycles.